The Bertz CT molecular complexity index is 1160. The first-order valence-electron chi connectivity index (χ1n) is 8.21. The van der Waals surface area contributed by atoms with Crippen molar-refractivity contribution in [3.8, 4) is 11.3 Å². The highest BCUT2D eigenvalue weighted by Crippen LogP contribution is 2.27. The Balaban J connectivity index is 1.63. The molecule has 4 rings (SSSR count). The lowest BCUT2D eigenvalue weighted by molar-refractivity contribution is 0.0696. The molecule has 27 heavy (non-hydrogen) atoms. The van der Waals surface area contributed by atoms with Crippen LogP contribution in [0.3, 0.4) is 0 Å². The summed E-state index contributed by atoms with van der Waals surface area (Å²) >= 11 is 1.30. The zero-order valence-electron chi connectivity index (χ0n) is 14.3. The molecule has 2 aromatic heterocycles. The number of benzene rings is 2. The van der Waals surface area contributed by atoms with E-state index >= 15 is 0 Å². The topological polar surface area (TPSA) is 83.7 Å². The number of carbonyl (C=O) groups is 2. The monoisotopic (exact) mass is 377 g/mol. The first-order valence-corrected chi connectivity index (χ1v) is 9.03. The van der Waals surface area contributed by atoms with E-state index in [-0.39, 0.29) is 11.5 Å². The second-order valence-electron chi connectivity index (χ2n) is 6.00. The number of nitrogens with one attached hydrogen (secondary N) is 1. The third-order valence-electron chi connectivity index (χ3n) is 4.20. The third kappa shape index (κ3) is 3.20. The predicted octanol–water partition coefficient (Wildman–Crippen LogP) is 4.32. The van der Waals surface area contributed by atoms with Crippen LogP contribution in [0.4, 0.5) is 5.69 Å². The highest BCUT2D eigenvalue weighted by atomic mass is 32.1. The second-order valence-corrected chi connectivity index (χ2v) is 6.98. The van der Waals surface area contributed by atoms with Crippen LogP contribution in [0.1, 0.15) is 25.7 Å². The van der Waals surface area contributed by atoms with Crippen molar-refractivity contribution < 1.29 is 14.7 Å². The number of imidazole rings is 1. The van der Waals surface area contributed by atoms with Crippen LogP contribution in [0.5, 0.6) is 0 Å². The van der Waals surface area contributed by atoms with Crippen LogP contribution in [0.25, 0.3) is 16.2 Å². The van der Waals surface area contributed by atoms with E-state index in [9.17, 15) is 9.59 Å². The normalized spacial score (nSPS) is 10.9. The molecule has 0 spiro atoms. The SMILES string of the molecule is Cc1c(C(=O)Nc2cccc(C(=O)O)c2)sc2nc(-c3ccccc3)cn12. The fourth-order valence-electron chi connectivity index (χ4n) is 2.83. The van der Waals surface area contributed by atoms with Crippen LogP contribution >= 0.6 is 11.3 Å². The Morgan fingerprint density at radius 1 is 1.11 bits per heavy atom. The number of aromatic carboxylic acids is 1. The van der Waals surface area contributed by atoms with Gasteiger partial charge >= 0.3 is 5.97 Å². The Morgan fingerprint density at radius 3 is 2.59 bits per heavy atom. The molecule has 0 bridgehead atoms. The lowest BCUT2D eigenvalue weighted by Crippen LogP contribution is -2.12. The van der Waals surface area contributed by atoms with Gasteiger partial charge in [-0.15, -0.1) is 0 Å². The molecule has 0 aliphatic heterocycles. The number of carboxylic acids is 1. The molecule has 0 saturated heterocycles. The largest absolute Gasteiger partial charge is 0.478 e. The minimum absolute atomic E-state index is 0.123. The van der Waals surface area contributed by atoms with E-state index in [1.807, 2.05) is 47.9 Å². The number of rotatable bonds is 4. The average Bonchev–Trinajstić information content (AvgIpc) is 3.22. The summed E-state index contributed by atoms with van der Waals surface area (Å²) in [5, 5.41) is 11.8. The number of amides is 1. The summed E-state index contributed by atoms with van der Waals surface area (Å²) in [5.74, 6) is -1.32. The number of nitrogens with zero attached hydrogens (tertiary/aromatic N) is 2. The van der Waals surface area contributed by atoms with Crippen LogP contribution < -0.4 is 5.32 Å². The number of thiazole rings is 1. The van der Waals surface area contributed by atoms with Gasteiger partial charge in [0.15, 0.2) is 4.96 Å². The van der Waals surface area contributed by atoms with Gasteiger partial charge in [0.05, 0.1) is 11.3 Å². The first kappa shape index (κ1) is 17.0. The van der Waals surface area contributed by atoms with Gasteiger partial charge in [0.2, 0.25) is 0 Å². The number of aromatic nitrogens is 2. The molecule has 0 radical (unpaired) electrons. The van der Waals surface area contributed by atoms with Crippen LogP contribution in [-0.4, -0.2) is 26.4 Å². The van der Waals surface area contributed by atoms with Gasteiger partial charge in [-0.2, -0.15) is 0 Å². The van der Waals surface area contributed by atoms with Crippen molar-refractivity contribution in [3.05, 3.63) is 76.9 Å². The molecule has 6 nitrogen and oxygen atoms in total. The number of hydrogen-bond donors (Lipinski definition) is 2. The van der Waals surface area contributed by atoms with E-state index in [0.29, 0.717) is 10.6 Å². The van der Waals surface area contributed by atoms with Gasteiger partial charge in [0.1, 0.15) is 4.88 Å². The summed E-state index contributed by atoms with van der Waals surface area (Å²) in [6.45, 7) is 1.86. The molecule has 4 aromatic rings. The molecule has 134 valence electrons. The first-order chi connectivity index (χ1) is 13.0. The molecule has 2 aromatic carbocycles. The molecular formula is C20H15N3O3S. The maximum Gasteiger partial charge on any atom is 0.335 e. The van der Waals surface area contributed by atoms with E-state index in [2.05, 4.69) is 10.3 Å². The Kier molecular flexibility index (Phi) is 4.21. The van der Waals surface area contributed by atoms with Crippen molar-refractivity contribution in [3.63, 3.8) is 0 Å². The number of aryl methyl sites for hydroxylation is 1. The summed E-state index contributed by atoms with van der Waals surface area (Å²) in [6.07, 6.45) is 1.92. The van der Waals surface area contributed by atoms with Crippen molar-refractivity contribution in [1.29, 1.82) is 0 Å². The van der Waals surface area contributed by atoms with Crippen molar-refractivity contribution in [1.82, 2.24) is 9.38 Å². The minimum atomic E-state index is -1.04. The zero-order chi connectivity index (χ0) is 19.0. The number of fused-ring (bicyclic) bond motifs is 1. The zero-order valence-corrected chi connectivity index (χ0v) is 15.2. The van der Waals surface area contributed by atoms with Crippen LogP contribution in [0.2, 0.25) is 0 Å². The Hall–Kier alpha value is -3.45. The van der Waals surface area contributed by atoms with Crippen LogP contribution in [0, 0.1) is 6.92 Å². The summed E-state index contributed by atoms with van der Waals surface area (Å²) in [4.78, 5) is 29.6. The van der Waals surface area contributed by atoms with E-state index in [1.165, 1.54) is 23.5 Å². The van der Waals surface area contributed by atoms with Gasteiger partial charge in [0.25, 0.3) is 5.91 Å². The van der Waals surface area contributed by atoms with Crippen molar-refractivity contribution >= 4 is 33.9 Å². The summed E-state index contributed by atoms with van der Waals surface area (Å²) < 4.78 is 1.90. The van der Waals surface area contributed by atoms with Gasteiger partial charge in [-0.1, -0.05) is 47.7 Å². The molecule has 2 heterocycles. The van der Waals surface area contributed by atoms with Gasteiger partial charge in [-0.25, -0.2) is 9.78 Å². The summed E-state index contributed by atoms with van der Waals surface area (Å²) in [6, 6.07) is 16.0. The Morgan fingerprint density at radius 2 is 1.89 bits per heavy atom. The highest BCUT2D eigenvalue weighted by molar-refractivity contribution is 7.19. The number of carbonyl (C=O) groups excluding carboxylic acids is 1. The molecule has 0 fully saturated rings. The molecule has 0 aliphatic carbocycles. The lowest BCUT2D eigenvalue weighted by atomic mass is 10.2. The van der Waals surface area contributed by atoms with E-state index in [4.69, 9.17) is 5.11 Å². The van der Waals surface area contributed by atoms with Gasteiger partial charge in [-0.05, 0) is 25.1 Å². The molecular weight excluding hydrogens is 362 g/mol. The molecule has 0 saturated carbocycles. The third-order valence-corrected chi connectivity index (χ3v) is 5.36. The molecule has 7 heteroatoms. The van der Waals surface area contributed by atoms with E-state index in [0.717, 1.165) is 21.9 Å². The van der Waals surface area contributed by atoms with Gasteiger partial charge in [0, 0.05) is 23.1 Å². The maximum absolute atomic E-state index is 12.6. The van der Waals surface area contributed by atoms with Crippen molar-refractivity contribution in [2.45, 2.75) is 6.92 Å². The molecule has 1 amide bonds. The average molecular weight is 377 g/mol. The fraction of sp³-hybridized carbons (Fsp3) is 0.0500. The van der Waals surface area contributed by atoms with Crippen molar-refractivity contribution in [2.75, 3.05) is 5.32 Å². The quantitative estimate of drug-likeness (QED) is 0.555. The number of hydrogen-bond acceptors (Lipinski definition) is 4. The Labute approximate surface area is 158 Å². The molecule has 0 aliphatic rings. The fourth-order valence-corrected chi connectivity index (χ4v) is 3.83. The summed E-state index contributed by atoms with van der Waals surface area (Å²) in [7, 11) is 0. The second kappa shape index (κ2) is 6.69. The number of carboxylic acid groups (broad SMARTS) is 1. The van der Waals surface area contributed by atoms with E-state index in [1.54, 1.807) is 12.1 Å². The molecule has 2 N–H and O–H groups in total. The smallest absolute Gasteiger partial charge is 0.335 e. The van der Waals surface area contributed by atoms with Gasteiger partial charge in [-0.3, -0.25) is 9.20 Å². The van der Waals surface area contributed by atoms with Gasteiger partial charge < -0.3 is 10.4 Å². The van der Waals surface area contributed by atoms with Crippen molar-refractivity contribution in [2.24, 2.45) is 0 Å². The van der Waals surface area contributed by atoms with E-state index < -0.39 is 5.97 Å². The van der Waals surface area contributed by atoms with Crippen LogP contribution in [0.15, 0.2) is 60.8 Å². The minimum Gasteiger partial charge on any atom is -0.478 e. The molecule has 0 unspecified atom stereocenters. The number of anilines is 1. The summed E-state index contributed by atoms with van der Waals surface area (Å²) in [5.41, 5.74) is 3.22. The molecule has 0 atom stereocenters. The predicted molar refractivity (Wildman–Crippen MR) is 105 cm³/mol. The van der Waals surface area contributed by atoms with Crippen LogP contribution in [-0.2, 0) is 0 Å². The maximum atomic E-state index is 12.6. The highest BCUT2D eigenvalue weighted by Gasteiger charge is 2.18. The standard InChI is InChI=1S/C20H15N3O3S/c1-12-17(18(24)21-15-9-5-8-14(10-15)19(25)26)27-20-22-16(11-23(12)20)13-6-3-2-4-7-13/h2-11H,1H3,(H,21,24)(H,25,26). The lowest BCUT2D eigenvalue weighted by Gasteiger charge is -2.05.